The van der Waals surface area contributed by atoms with Crippen molar-refractivity contribution in [2.45, 2.75) is 88.5 Å². The Balaban J connectivity index is 1.43. The van der Waals surface area contributed by atoms with Crippen molar-refractivity contribution in [2.24, 2.45) is 0 Å². The van der Waals surface area contributed by atoms with Gasteiger partial charge in [0.2, 0.25) is 5.91 Å². The van der Waals surface area contributed by atoms with E-state index in [1.54, 1.807) is 11.0 Å². The summed E-state index contributed by atoms with van der Waals surface area (Å²) in [6.07, 6.45) is 4.81. The molecule has 8 nitrogen and oxygen atoms in total. The SMILES string of the molecule is CC(C)(C)OC(=O)N1CCC[C@@]2(COCC(=O)N2)[C@@H]1COC1CCC(c2ccccc2O)CC1. The van der Waals surface area contributed by atoms with Gasteiger partial charge in [-0.15, -0.1) is 0 Å². The van der Waals surface area contributed by atoms with Gasteiger partial charge in [0, 0.05) is 6.54 Å². The summed E-state index contributed by atoms with van der Waals surface area (Å²) in [4.78, 5) is 27.1. The minimum atomic E-state index is -0.669. The van der Waals surface area contributed by atoms with E-state index >= 15 is 0 Å². The highest BCUT2D eigenvalue weighted by Gasteiger charge is 2.50. The van der Waals surface area contributed by atoms with Crippen molar-refractivity contribution in [1.29, 1.82) is 0 Å². The molecule has 34 heavy (non-hydrogen) atoms. The summed E-state index contributed by atoms with van der Waals surface area (Å²) in [7, 11) is 0. The number of carbonyl (C=O) groups is 2. The van der Waals surface area contributed by atoms with Crippen LogP contribution in [0.15, 0.2) is 24.3 Å². The molecular formula is C26H38N2O6. The number of amides is 2. The summed E-state index contributed by atoms with van der Waals surface area (Å²) in [5.41, 5.74) is -0.274. The number of morpholine rings is 1. The van der Waals surface area contributed by atoms with E-state index < -0.39 is 11.1 Å². The fourth-order valence-electron chi connectivity index (χ4n) is 5.56. The Kier molecular flexibility index (Phi) is 7.38. The van der Waals surface area contributed by atoms with Crippen LogP contribution in [0.3, 0.4) is 0 Å². The quantitative estimate of drug-likeness (QED) is 0.690. The Labute approximate surface area is 201 Å². The molecular weight excluding hydrogens is 436 g/mol. The molecule has 1 aromatic carbocycles. The zero-order valence-corrected chi connectivity index (χ0v) is 20.5. The van der Waals surface area contributed by atoms with Crippen molar-refractivity contribution >= 4 is 12.0 Å². The molecule has 2 N–H and O–H groups in total. The number of phenols is 1. The van der Waals surface area contributed by atoms with Crippen LogP contribution < -0.4 is 5.32 Å². The highest BCUT2D eigenvalue weighted by Crippen LogP contribution is 2.38. The number of ether oxygens (including phenoxy) is 3. The summed E-state index contributed by atoms with van der Waals surface area (Å²) in [5, 5.41) is 13.3. The maximum absolute atomic E-state index is 13.1. The molecule has 3 fully saturated rings. The molecule has 8 heteroatoms. The molecule has 0 aromatic heterocycles. The smallest absolute Gasteiger partial charge is 0.410 e. The molecule has 1 spiro atoms. The number of nitrogens with zero attached hydrogens (tertiary/aromatic N) is 1. The largest absolute Gasteiger partial charge is 0.508 e. The van der Waals surface area contributed by atoms with Crippen LogP contribution in [0.25, 0.3) is 0 Å². The van der Waals surface area contributed by atoms with Gasteiger partial charge in [0.25, 0.3) is 0 Å². The molecule has 1 aliphatic carbocycles. The lowest BCUT2D eigenvalue weighted by atomic mass is 9.80. The molecule has 2 saturated heterocycles. The number of benzene rings is 1. The Morgan fingerprint density at radius 1 is 1.24 bits per heavy atom. The first kappa shape index (κ1) is 24.8. The molecule has 3 aliphatic rings. The highest BCUT2D eigenvalue weighted by atomic mass is 16.6. The molecule has 0 bridgehead atoms. The maximum Gasteiger partial charge on any atom is 0.410 e. The lowest BCUT2D eigenvalue weighted by Gasteiger charge is -2.51. The Bertz CT molecular complexity index is 872. The number of carbonyl (C=O) groups excluding carboxylic acids is 2. The standard InChI is InChI=1S/C26H38N2O6/c1-25(2,3)34-24(31)28-14-6-13-26(17-32-16-23(30)27-26)22(28)15-33-19-11-9-18(10-12-19)20-7-4-5-8-21(20)29/h4-5,7-8,18-19,22,29H,6,9-17H2,1-3H3,(H,27,30)/t18?,19?,22-,26+/m0/s1. The van der Waals surface area contributed by atoms with Crippen LogP contribution in [0, 0.1) is 0 Å². The highest BCUT2D eigenvalue weighted by molar-refractivity contribution is 5.79. The lowest BCUT2D eigenvalue weighted by molar-refractivity contribution is -0.144. The van der Waals surface area contributed by atoms with Gasteiger partial charge in [-0.25, -0.2) is 4.79 Å². The predicted molar refractivity (Wildman–Crippen MR) is 127 cm³/mol. The van der Waals surface area contributed by atoms with E-state index in [4.69, 9.17) is 14.2 Å². The van der Waals surface area contributed by atoms with E-state index in [0.717, 1.165) is 44.1 Å². The van der Waals surface area contributed by atoms with E-state index in [1.807, 2.05) is 39.0 Å². The van der Waals surface area contributed by atoms with Crippen LogP contribution in [-0.2, 0) is 19.0 Å². The third kappa shape index (κ3) is 5.66. The van der Waals surface area contributed by atoms with Crippen molar-refractivity contribution in [3.05, 3.63) is 29.8 Å². The molecule has 188 valence electrons. The Morgan fingerprint density at radius 3 is 2.65 bits per heavy atom. The summed E-state index contributed by atoms with van der Waals surface area (Å²) in [5.74, 6) is 0.522. The number of hydrogen-bond donors (Lipinski definition) is 2. The number of rotatable bonds is 4. The van der Waals surface area contributed by atoms with Crippen molar-refractivity contribution in [3.8, 4) is 5.75 Å². The van der Waals surface area contributed by atoms with Crippen LogP contribution in [0.5, 0.6) is 5.75 Å². The first-order valence-corrected chi connectivity index (χ1v) is 12.4. The topological polar surface area (TPSA) is 97.3 Å². The normalized spacial score (nSPS) is 30.1. The van der Waals surface area contributed by atoms with E-state index in [2.05, 4.69) is 5.32 Å². The molecule has 1 aromatic rings. The van der Waals surface area contributed by atoms with Gasteiger partial charge in [-0.3, -0.25) is 4.79 Å². The van der Waals surface area contributed by atoms with Crippen molar-refractivity contribution in [2.75, 3.05) is 26.4 Å². The second-order valence-corrected chi connectivity index (χ2v) is 10.9. The van der Waals surface area contributed by atoms with E-state index in [1.165, 1.54) is 0 Å². The van der Waals surface area contributed by atoms with Gasteiger partial charge in [0.15, 0.2) is 0 Å². The van der Waals surface area contributed by atoms with Gasteiger partial charge in [-0.2, -0.15) is 0 Å². The fourth-order valence-corrected chi connectivity index (χ4v) is 5.56. The van der Waals surface area contributed by atoms with Gasteiger partial charge in [0.1, 0.15) is 18.0 Å². The predicted octanol–water partition coefficient (Wildman–Crippen LogP) is 3.72. The number of aromatic hydroxyl groups is 1. The summed E-state index contributed by atoms with van der Waals surface area (Å²) in [6, 6.07) is 7.18. The van der Waals surface area contributed by atoms with Crippen molar-refractivity contribution in [1.82, 2.24) is 10.2 Å². The Morgan fingerprint density at radius 2 is 1.97 bits per heavy atom. The summed E-state index contributed by atoms with van der Waals surface area (Å²) in [6.45, 7) is 6.82. The van der Waals surface area contributed by atoms with E-state index in [-0.39, 0.29) is 30.8 Å². The average Bonchev–Trinajstić information content (AvgIpc) is 2.78. The first-order chi connectivity index (χ1) is 16.2. The second kappa shape index (κ2) is 10.1. The third-order valence-corrected chi connectivity index (χ3v) is 7.19. The minimum absolute atomic E-state index is 0.0398. The number of hydrogen-bond acceptors (Lipinski definition) is 6. The van der Waals surface area contributed by atoms with Crippen LogP contribution in [-0.4, -0.2) is 71.7 Å². The average molecular weight is 475 g/mol. The third-order valence-electron chi connectivity index (χ3n) is 7.19. The van der Waals surface area contributed by atoms with Gasteiger partial charge in [-0.1, -0.05) is 18.2 Å². The zero-order chi connectivity index (χ0) is 24.3. The Hall–Kier alpha value is -2.32. The lowest BCUT2D eigenvalue weighted by Crippen LogP contribution is -2.72. The van der Waals surface area contributed by atoms with Crippen LogP contribution in [0.1, 0.15) is 70.8 Å². The number of likely N-dealkylation sites (tertiary alicyclic amines) is 1. The van der Waals surface area contributed by atoms with Gasteiger partial charge in [-0.05, 0) is 76.8 Å². The van der Waals surface area contributed by atoms with E-state index in [9.17, 15) is 14.7 Å². The van der Waals surface area contributed by atoms with Crippen molar-refractivity contribution < 1.29 is 28.9 Å². The first-order valence-electron chi connectivity index (χ1n) is 12.4. The number of para-hydroxylation sites is 1. The van der Waals surface area contributed by atoms with E-state index in [0.29, 0.717) is 31.4 Å². The molecule has 4 rings (SSSR count). The van der Waals surface area contributed by atoms with Crippen LogP contribution in [0.4, 0.5) is 4.79 Å². The molecule has 2 aliphatic heterocycles. The molecule has 2 atom stereocenters. The molecule has 1 saturated carbocycles. The number of nitrogens with one attached hydrogen (secondary N) is 1. The maximum atomic E-state index is 13.1. The van der Waals surface area contributed by atoms with Crippen LogP contribution >= 0.6 is 0 Å². The molecule has 2 amide bonds. The van der Waals surface area contributed by atoms with Crippen molar-refractivity contribution in [3.63, 3.8) is 0 Å². The van der Waals surface area contributed by atoms with Crippen LogP contribution in [0.2, 0.25) is 0 Å². The summed E-state index contributed by atoms with van der Waals surface area (Å²) >= 11 is 0. The zero-order valence-electron chi connectivity index (χ0n) is 20.5. The van der Waals surface area contributed by atoms with Gasteiger partial charge in [0.05, 0.1) is 30.9 Å². The fraction of sp³-hybridized carbons (Fsp3) is 0.692. The monoisotopic (exact) mass is 474 g/mol. The number of piperidine rings is 1. The number of phenolic OH excluding ortho intramolecular Hbond substituents is 1. The molecule has 0 unspecified atom stereocenters. The van der Waals surface area contributed by atoms with Gasteiger partial charge >= 0.3 is 6.09 Å². The second-order valence-electron chi connectivity index (χ2n) is 10.9. The minimum Gasteiger partial charge on any atom is -0.508 e. The van der Waals surface area contributed by atoms with Gasteiger partial charge < -0.3 is 29.5 Å². The summed E-state index contributed by atoms with van der Waals surface area (Å²) < 4.78 is 17.7. The molecule has 2 heterocycles. The molecule has 0 radical (unpaired) electrons.